The molecule has 1 aromatic carbocycles. The highest BCUT2D eigenvalue weighted by Gasteiger charge is 2.14. The fourth-order valence-electron chi connectivity index (χ4n) is 1.79. The van der Waals surface area contributed by atoms with Crippen molar-refractivity contribution in [1.82, 2.24) is 4.98 Å². The van der Waals surface area contributed by atoms with Crippen LogP contribution < -0.4 is 15.4 Å². The van der Waals surface area contributed by atoms with Gasteiger partial charge in [0.1, 0.15) is 28.9 Å². The second-order valence-corrected chi connectivity index (χ2v) is 4.61. The molecule has 0 unspecified atom stereocenters. The van der Waals surface area contributed by atoms with Crippen LogP contribution in [0.5, 0.6) is 11.5 Å². The highest BCUT2D eigenvalue weighted by atomic mass is 35.5. The Kier molecular flexibility index (Phi) is 5.32. The molecular formula is C14H13ClN4O4. The number of nitro benzene ring substituents is 1. The summed E-state index contributed by atoms with van der Waals surface area (Å²) in [4.78, 5) is 25.7. The number of carbonyl (C=O) groups excluding carboxylic acids is 1. The molecule has 0 spiro atoms. The van der Waals surface area contributed by atoms with Gasteiger partial charge in [-0.05, 0) is 18.2 Å². The summed E-state index contributed by atoms with van der Waals surface area (Å²) >= 11 is 5.41. The number of amides is 1. The lowest BCUT2D eigenvalue weighted by atomic mass is 10.2. The predicted molar refractivity (Wildman–Crippen MR) is 86.3 cm³/mol. The van der Waals surface area contributed by atoms with Gasteiger partial charge in [-0.25, -0.2) is 4.98 Å². The summed E-state index contributed by atoms with van der Waals surface area (Å²) in [5.74, 6) is 0.345. The lowest BCUT2D eigenvalue weighted by Gasteiger charge is -2.09. The van der Waals surface area contributed by atoms with Crippen LogP contribution in [0.4, 0.5) is 17.2 Å². The van der Waals surface area contributed by atoms with E-state index in [0.29, 0.717) is 11.4 Å². The Bertz CT molecular complexity index is 738. The van der Waals surface area contributed by atoms with E-state index >= 15 is 0 Å². The van der Waals surface area contributed by atoms with Crippen LogP contribution in [-0.2, 0) is 4.79 Å². The molecular weight excluding hydrogens is 324 g/mol. The minimum absolute atomic E-state index is 0.102. The number of rotatable bonds is 6. The average molecular weight is 337 g/mol. The molecule has 0 aliphatic rings. The van der Waals surface area contributed by atoms with Crippen molar-refractivity contribution < 1.29 is 14.5 Å². The Morgan fingerprint density at radius 2 is 2.09 bits per heavy atom. The van der Waals surface area contributed by atoms with Gasteiger partial charge < -0.3 is 15.4 Å². The molecule has 1 aromatic heterocycles. The van der Waals surface area contributed by atoms with Gasteiger partial charge in [0.25, 0.3) is 5.69 Å². The maximum Gasteiger partial charge on any atom is 0.296 e. The first-order valence-electron chi connectivity index (χ1n) is 6.49. The Hall–Kier alpha value is -2.87. The number of carbonyl (C=O) groups is 1. The molecule has 2 aromatic rings. The van der Waals surface area contributed by atoms with Gasteiger partial charge >= 0.3 is 0 Å². The number of ether oxygens (including phenoxy) is 1. The zero-order valence-corrected chi connectivity index (χ0v) is 12.8. The quantitative estimate of drug-likeness (QED) is 0.477. The lowest BCUT2D eigenvalue weighted by molar-refractivity contribution is -0.384. The van der Waals surface area contributed by atoms with Crippen molar-refractivity contribution >= 4 is 34.7 Å². The van der Waals surface area contributed by atoms with Crippen molar-refractivity contribution in [3.8, 4) is 11.5 Å². The number of nitro groups is 1. The largest absolute Gasteiger partial charge is 0.457 e. The molecule has 8 nitrogen and oxygen atoms in total. The molecule has 120 valence electrons. The highest BCUT2D eigenvalue weighted by molar-refractivity contribution is 6.29. The van der Waals surface area contributed by atoms with Crippen molar-refractivity contribution in [2.75, 3.05) is 23.6 Å². The van der Waals surface area contributed by atoms with Crippen molar-refractivity contribution in [1.29, 1.82) is 0 Å². The van der Waals surface area contributed by atoms with Crippen LogP contribution in [0.2, 0.25) is 0 Å². The number of anilines is 2. The lowest BCUT2D eigenvalue weighted by Crippen LogP contribution is -2.13. The summed E-state index contributed by atoms with van der Waals surface area (Å²) in [6, 6.07) is 7.50. The molecule has 9 heteroatoms. The Morgan fingerprint density at radius 1 is 1.35 bits per heavy atom. The molecule has 2 N–H and O–H groups in total. The number of nitrogens with one attached hydrogen (secondary N) is 2. The predicted octanol–water partition coefficient (Wildman–Crippen LogP) is 3.00. The molecule has 1 heterocycles. The summed E-state index contributed by atoms with van der Waals surface area (Å²) < 4.78 is 5.57. The van der Waals surface area contributed by atoms with E-state index in [1.165, 1.54) is 18.3 Å². The minimum atomic E-state index is -0.503. The number of nitrogens with zero attached hydrogens (tertiary/aromatic N) is 2. The molecule has 0 radical (unpaired) electrons. The SMILES string of the molecule is CNc1ccc(Oc2ccnc(NC(=O)CCl)c2)cc1[N+](=O)[O-]. The van der Waals surface area contributed by atoms with Gasteiger partial charge in [0, 0.05) is 19.3 Å². The number of halogens is 1. The third-order valence-electron chi connectivity index (χ3n) is 2.79. The number of hydrogen-bond donors (Lipinski definition) is 2. The first kappa shape index (κ1) is 16.5. The third kappa shape index (κ3) is 4.30. The van der Waals surface area contributed by atoms with Crippen LogP contribution in [-0.4, -0.2) is 28.7 Å². The van der Waals surface area contributed by atoms with Gasteiger partial charge in [0.05, 0.1) is 11.0 Å². The average Bonchev–Trinajstić information content (AvgIpc) is 2.55. The van der Waals surface area contributed by atoms with Gasteiger partial charge in [0.2, 0.25) is 5.91 Å². The molecule has 0 aliphatic carbocycles. The van der Waals surface area contributed by atoms with Gasteiger partial charge in [0.15, 0.2) is 0 Å². The first-order valence-corrected chi connectivity index (χ1v) is 7.03. The molecule has 2 rings (SSSR count). The number of pyridine rings is 1. The second-order valence-electron chi connectivity index (χ2n) is 4.35. The van der Waals surface area contributed by atoms with E-state index in [4.69, 9.17) is 16.3 Å². The minimum Gasteiger partial charge on any atom is -0.457 e. The maximum atomic E-state index is 11.2. The zero-order valence-electron chi connectivity index (χ0n) is 12.1. The smallest absolute Gasteiger partial charge is 0.296 e. The summed E-state index contributed by atoms with van der Waals surface area (Å²) in [6.07, 6.45) is 1.44. The van der Waals surface area contributed by atoms with E-state index in [0.717, 1.165) is 0 Å². The molecule has 0 saturated carbocycles. The fourth-order valence-corrected chi connectivity index (χ4v) is 1.86. The third-order valence-corrected chi connectivity index (χ3v) is 3.03. The van der Waals surface area contributed by atoms with E-state index in [1.54, 1.807) is 25.2 Å². The van der Waals surface area contributed by atoms with E-state index < -0.39 is 10.8 Å². The normalized spacial score (nSPS) is 10.0. The van der Waals surface area contributed by atoms with Crippen molar-refractivity contribution in [3.05, 3.63) is 46.6 Å². The molecule has 0 fully saturated rings. The number of benzene rings is 1. The van der Waals surface area contributed by atoms with Crippen LogP contribution in [0.1, 0.15) is 0 Å². The second kappa shape index (κ2) is 7.41. The van der Waals surface area contributed by atoms with Crippen molar-refractivity contribution in [2.24, 2.45) is 0 Å². The molecule has 0 bridgehead atoms. The van der Waals surface area contributed by atoms with E-state index in [9.17, 15) is 14.9 Å². The molecule has 23 heavy (non-hydrogen) atoms. The van der Waals surface area contributed by atoms with Crippen molar-refractivity contribution in [3.63, 3.8) is 0 Å². The Balaban J connectivity index is 2.22. The monoisotopic (exact) mass is 336 g/mol. The van der Waals surface area contributed by atoms with E-state index in [-0.39, 0.29) is 23.1 Å². The molecule has 0 atom stereocenters. The summed E-state index contributed by atoms with van der Waals surface area (Å²) in [7, 11) is 1.59. The van der Waals surface area contributed by atoms with Crippen LogP contribution in [0.25, 0.3) is 0 Å². The standard InChI is InChI=1S/C14H13ClN4O4/c1-16-11-3-2-9(6-12(11)19(21)22)23-10-4-5-17-13(7-10)18-14(20)8-15/h2-7,16H,8H2,1H3,(H,17,18,20). The van der Waals surface area contributed by atoms with Gasteiger partial charge in [-0.2, -0.15) is 0 Å². The topological polar surface area (TPSA) is 106 Å². The number of alkyl halides is 1. The summed E-state index contributed by atoms with van der Waals surface area (Å²) in [5.41, 5.74) is 0.280. The number of hydrogen-bond acceptors (Lipinski definition) is 6. The van der Waals surface area contributed by atoms with Crippen LogP contribution >= 0.6 is 11.6 Å². The fraction of sp³-hybridized carbons (Fsp3) is 0.143. The first-order chi connectivity index (χ1) is 11.0. The highest BCUT2D eigenvalue weighted by Crippen LogP contribution is 2.31. The maximum absolute atomic E-state index is 11.2. The molecule has 0 aliphatic heterocycles. The van der Waals surface area contributed by atoms with Crippen LogP contribution in [0.3, 0.4) is 0 Å². The Labute approximate surface area is 136 Å². The zero-order chi connectivity index (χ0) is 16.8. The van der Waals surface area contributed by atoms with Crippen molar-refractivity contribution in [2.45, 2.75) is 0 Å². The number of aromatic nitrogens is 1. The van der Waals surface area contributed by atoms with Crippen LogP contribution in [0, 0.1) is 10.1 Å². The summed E-state index contributed by atoms with van der Waals surface area (Å²) in [6.45, 7) is 0. The van der Waals surface area contributed by atoms with Gasteiger partial charge in [-0.3, -0.25) is 14.9 Å². The molecule has 1 amide bonds. The molecule has 0 saturated heterocycles. The summed E-state index contributed by atoms with van der Waals surface area (Å²) in [5, 5.41) is 16.3. The van der Waals surface area contributed by atoms with Crippen LogP contribution in [0.15, 0.2) is 36.5 Å². The Morgan fingerprint density at radius 3 is 2.74 bits per heavy atom. The van der Waals surface area contributed by atoms with Gasteiger partial charge in [-0.1, -0.05) is 0 Å². The van der Waals surface area contributed by atoms with E-state index in [2.05, 4.69) is 15.6 Å². The van der Waals surface area contributed by atoms with Gasteiger partial charge in [-0.15, -0.1) is 11.6 Å². The van der Waals surface area contributed by atoms with E-state index in [1.807, 2.05) is 0 Å².